The number of carbonyl (C=O) groups is 1. The van der Waals surface area contributed by atoms with Crippen molar-refractivity contribution < 1.29 is 19.4 Å². The van der Waals surface area contributed by atoms with Crippen LogP contribution in [0.15, 0.2) is 96.5 Å². The molecule has 3 aromatic rings. The first-order valence-corrected chi connectivity index (χ1v) is 11.8. The lowest BCUT2D eigenvalue weighted by molar-refractivity contribution is -0.126. The van der Waals surface area contributed by atoms with Gasteiger partial charge in [-0.3, -0.25) is 4.79 Å². The summed E-state index contributed by atoms with van der Waals surface area (Å²) in [5, 5.41) is 8.96. The van der Waals surface area contributed by atoms with Crippen LogP contribution >= 0.6 is 0 Å². The van der Waals surface area contributed by atoms with Crippen LogP contribution in [0.2, 0.25) is 0 Å². The molecule has 1 N–H and O–H groups in total. The molecule has 3 aromatic carbocycles. The second-order valence-corrected chi connectivity index (χ2v) is 8.71. The fourth-order valence-electron chi connectivity index (χ4n) is 4.76. The first-order chi connectivity index (χ1) is 17.2. The second kappa shape index (κ2) is 9.76. The van der Waals surface area contributed by atoms with E-state index in [0.717, 1.165) is 22.4 Å². The molecule has 5 rings (SSSR count). The van der Waals surface area contributed by atoms with Crippen LogP contribution < -0.4 is 9.64 Å². The van der Waals surface area contributed by atoms with E-state index in [4.69, 9.17) is 19.6 Å². The molecular weight excluding hydrogens is 440 g/mol. The monoisotopic (exact) mass is 468 g/mol. The van der Waals surface area contributed by atoms with E-state index in [1.165, 1.54) is 0 Å². The second-order valence-electron chi connectivity index (χ2n) is 8.71. The highest BCUT2D eigenvalue weighted by molar-refractivity contribution is 6.09. The quantitative estimate of drug-likeness (QED) is 0.371. The van der Waals surface area contributed by atoms with E-state index >= 15 is 0 Å². The summed E-state index contributed by atoms with van der Waals surface area (Å²) in [7, 11) is 0. The number of aliphatic hydroxyl groups excluding tert-OH is 1. The van der Waals surface area contributed by atoms with Crippen molar-refractivity contribution in [2.45, 2.75) is 24.5 Å². The Morgan fingerprint density at radius 1 is 1.06 bits per heavy atom. The number of hydrogen-bond donors (Lipinski definition) is 1. The third kappa shape index (κ3) is 4.21. The molecule has 35 heavy (non-hydrogen) atoms. The van der Waals surface area contributed by atoms with Crippen molar-refractivity contribution in [3.63, 3.8) is 0 Å². The van der Waals surface area contributed by atoms with E-state index in [1.54, 1.807) is 11.0 Å². The Labute approximate surface area is 205 Å². The van der Waals surface area contributed by atoms with Gasteiger partial charge in [0.25, 0.3) is 5.91 Å². The Bertz CT molecular complexity index is 1240. The van der Waals surface area contributed by atoms with Crippen LogP contribution in [0.5, 0.6) is 5.75 Å². The summed E-state index contributed by atoms with van der Waals surface area (Å²) >= 11 is 0. The molecule has 0 radical (unpaired) electrons. The average Bonchev–Trinajstić information content (AvgIpc) is 3.28. The summed E-state index contributed by atoms with van der Waals surface area (Å²) in [6.45, 7) is 4.79. The van der Waals surface area contributed by atoms with Gasteiger partial charge in [-0.2, -0.15) is 0 Å². The van der Waals surface area contributed by atoms with Crippen molar-refractivity contribution in [3.05, 3.63) is 108 Å². The summed E-state index contributed by atoms with van der Waals surface area (Å²) in [6.07, 6.45) is 2.19. The molecule has 1 amide bonds. The number of fused-ring (bicyclic) bond motifs is 3. The van der Waals surface area contributed by atoms with Crippen molar-refractivity contribution in [1.29, 1.82) is 0 Å². The fourth-order valence-corrected chi connectivity index (χ4v) is 4.76. The first kappa shape index (κ1) is 22.9. The Morgan fingerprint density at radius 2 is 1.80 bits per heavy atom. The molecule has 2 aliphatic heterocycles. The van der Waals surface area contributed by atoms with Gasteiger partial charge in [-0.25, -0.2) is 4.99 Å². The number of para-hydroxylation sites is 1. The Hall–Kier alpha value is -3.90. The summed E-state index contributed by atoms with van der Waals surface area (Å²) in [4.78, 5) is 20.9. The van der Waals surface area contributed by atoms with Gasteiger partial charge in [0.2, 0.25) is 5.90 Å². The van der Waals surface area contributed by atoms with Crippen molar-refractivity contribution in [3.8, 4) is 5.75 Å². The van der Waals surface area contributed by atoms with Crippen molar-refractivity contribution in [1.82, 2.24) is 0 Å². The highest BCUT2D eigenvalue weighted by Crippen LogP contribution is 2.50. The molecular formula is C29H28N2O4. The maximum Gasteiger partial charge on any atom is 0.259 e. The molecule has 0 bridgehead atoms. The molecule has 0 fully saturated rings. The van der Waals surface area contributed by atoms with Crippen LogP contribution in [0.25, 0.3) is 0 Å². The van der Waals surface area contributed by atoms with Crippen LogP contribution in [-0.4, -0.2) is 42.2 Å². The predicted molar refractivity (Wildman–Crippen MR) is 136 cm³/mol. The number of anilines is 1. The van der Waals surface area contributed by atoms with E-state index in [0.29, 0.717) is 37.6 Å². The maximum absolute atomic E-state index is 14.1. The first-order valence-electron chi connectivity index (χ1n) is 11.8. The number of nitrogens with zero attached hydrogens (tertiary/aromatic N) is 2. The number of aliphatic imine (C=N–C) groups is 1. The lowest BCUT2D eigenvalue weighted by Crippen LogP contribution is -2.55. The maximum atomic E-state index is 14.1. The molecule has 0 unspecified atom stereocenters. The average molecular weight is 469 g/mol. The highest BCUT2D eigenvalue weighted by Gasteiger charge is 2.58. The molecule has 2 aliphatic rings. The van der Waals surface area contributed by atoms with E-state index in [1.807, 2.05) is 78.9 Å². The zero-order valence-corrected chi connectivity index (χ0v) is 19.5. The summed E-state index contributed by atoms with van der Waals surface area (Å²) in [5.74, 6) is 1.05. The third-order valence-electron chi connectivity index (χ3n) is 6.39. The fraction of sp³-hybridized carbons (Fsp3) is 0.241. The van der Waals surface area contributed by atoms with Gasteiger partial charge in [-0.15, -0.1) is 6.58 Å². The lowest BCUT2D eigenvalue weighted by Gasteiger charge is -2.41. The number of amides is 1. The molecule has 178 valence electrons. The number of carbonyl (C=O) groups excluding carboxylic acids is 1. The van der Waals surface area contributed by atoms with Crippen LogP contribution in [0.4, 0.5) is 5.69 Å². The number of hydrogen-bond acceptors (Lipinski definition) is 5. The molecule has 0 saturated heterocycles. The van der Waals surface area contributed by atoms with Crippen LogP contribution in [0.1, 0.15) is 29.2 Å². The number of aliphatic hydroxyl groups is 1. The van der Waals surface area contributed by atoms with Crippen LogP contribution in [-0.2, 0) is 16.0 Å². The zero-order chi connectivity index (χ0) is 24.3. The minimum Gasteiger partial charge on any atom is -0.494 e. The molecule has 2 heterocycles. The van der Waals surface area contributed by atoms with Gasteiger partial charge in [0, 0.05) is 37.1 Å². The Kier molecular flexibility index (Phi) is 6.38. The summed E-state index contributed by atoms with van der Waals surface area (Å²) in [5.41, 5.74) is 2.44. The molecule has 0 spiro atoms. The van der Waals surface area contributed by atoms with E-state index in [9.17, 15) is 4.79 Å². The van der Waals surface area contributed by atoms with Gasteiger partial charge in [-0.1, -0.05) is 54.6 Å². The normalized spacial score (nSPS) is 20.5. The van der Waals surface area contributed by atoms with Gasteiger partial charge < -0.3 is 19.5 Å². The summed E-state index contributed by atoms with van der Waals surface area (Å²) < 4.78 is 12.1. The topological polar surface area (TPSA) is 71.4 Å². The number of ether oxygens (including phenoxy) is 2. The molecule has 6 heteroatoms. The zero-order valence-electron chi connectivity index (χ0n) is 19.5. The largest absolute Gasteiger partial charge is 0.494 e. The molecule has 0 saturated carbocycles. The van der Waals surface area contributed by atoms with Gasteiger partial charge in [-0.05, 0) is 35.9 Å². The Balaban J connectivity index is 1.57. The van der Waals surface area contributed by atoms with Gasteiger partial charge in [0.15, 0.2) is 11.6 Å². The standard InChI is InChI=1S/C29H28N2O4/c1-2-17-31-25-12-7-6-11-24(25)26-29(28(31)33,20-21-9-4-3-5-10-21)30-27(35-26)22-13-15-23(16-14-22)34-19-8-18-32/h2-7,9-16,26,32H,1,8,17-20H2/t26-,29-/m1/s1. The van der Waals surface area contributed by atoms with Crippen molar-refractivity contribution in [2.24, 2.45) is 4.99 Å². The third-order valence-corrected chi connectivity index (χ3v) is 6.39. The predicted octanol–water partition coefficient (Wildman–Crippen LogP) is 4.48. The van der Waals surface area contributed by atoms with Crippen LogP contribution in [0.3, 0.4) is 0 Å². The molecule has 2 atom stereocenters. The van der Waals surface area contributed by atoms with Gasteiger partial charge in [0.1, 0.15) is 5.75 Å². The minimum absolute atomic E-state index is 0.0893. The molecule has 0 aliphatic carbocycles. The minimum atomic E-state index is -1.12. The summed E-state index contributed by atoms with van der Waals surface area (Å²) in [6, 6.07) is 25.3. The van der Waals surface area contributed by atoms with Crippen molar-refractivity contribution in [2.75, 3.05) is 24.7 Å². The molecule has 0 aromatic heterocycles. The van der Waals surface area contributed by atoms with Crippen molar-refractivity contribution >= 4 is 17.5 Å². The highest BCUT2D eigenvalue weighted by atomic mass is 16.5. The van der Waals surface area contributed by atoms with Gasteiger partial charge in [0.05, 0.1) is 12.3 Å². The van der Waals surface area contributed by atoms with Gasteiger partial charge >= 0.3 is 0 Å². The Morgan fingerprint density at radius 3 is 2.54 bits per heavy atom. The van der Waals surface area contributed by atoms with Crippen LogP contribution in [0, 0.1) is 0 Å². The van der Waals surface area contributed by atoms with E-state index in [-0.39, 0.29) is 12.5 Å². The van der Waals surface area contributed by atoms with E-state index < -0.39 is 11.6 Å². The number of rotatable bonds is 9. The smallest absolute Gasteiger partial charge is 0.259 e. The van der Waals surface area contributed by atoms with E-state index in [2.05, 4.69) is 6.58 Å². The molecule has 6 nitrogen and oxygen atoms in total. The lowest BCUT2D eigenvalue weighted by atomic mass is 9.78. The number of benzene rings is 3. The SMILES string of the molecule is C=CCN1C(=O)[C@]2(Cc3ccccc3)N=C(c3ccc(OCCCO)cc3)O[C@@H]2c2ccccc21.